The van der Waals surface area contributed by atoms with E-state index in [1.165, 1.54) is 0 Å². The number of carbonyl (C=O) groups excluding carboxylic acids is 1. The van der Waals surface area contributed by atoms with Crippen LogP contribution in [0.25, 0.3) is 0 Å². The maximum atomic E-state index is 11.6. The van der Waals surface area contributed by atoms with E-state index in [1.807, 2.05) is 6.07 Å². The summed E-state index contributed by atoms with van der Waals surface area (Å²) in [5.74, 6) is 0.387. The van der Waals surface area contributed by atoms with Crippen LogP contribution in [0.3, 0.4) is 0 Å². The minimum Gasteiger partial charge on any atom is -0.476 e. The number of hydrogen-bond acceptors (Lipinski definition) is 5. The van der Waals surface area contributed by atoms with Gasteiger partial charge in [-0.05, 0) is 12.1 Å². The Hall–Kier alpha value is -1.53. The molecule has 0 bridgehead atoms. The minimum absolute atomic E-state index is 0. The summed E-state index contributed by atoms with van der Waals surface area (Å²) in [6.45, 7) is 3.52. The van der Waals surface area contributed by atoms with Crippen LogP contribution in [-0.4, -0.2) is 50.2 Å². The molecule has 2 aliphatic rings. The van der Waals surface area contributed by atoms with E-state index in [2.05, 4.69) is 20.5 Å². The molecule has 0 radical (unpaired) electrons. The highest BCUT2D eigenvalue weighted by molar-refractivity contribution is 5.92. The standard InChI is InChI=1S/C13H18N4O2.ClH/c1-14-12(18)10-2-3-11-13(16-10)19-7-4-9-8-15-5-6-17(9)11;/h2-3,9,15H,4-8H2,1H3,(H,14,18);1H. The molecule has 1 unspecified atom stereocenters. The lowest BCUT2D eigenvalue weighted by Crippen LogP contribution is -2.51. The summed E-state index contributed by atoms with van der Waals surface area (Å²) in [6.07, 6.45) is 0.971. The molecule has 2 aliphatic heterocycles. The third-order valence-corrected chi connectivity index (χ3v) is 3.65. The van der Waals surface area contributed by atoms with Gasteiger partial charge < -0.3 is 20.3 Å². The predicted molar refractivity (Wildman–Crippen MR) is 79.0 cm³/mol. The number of fused-ring (bicyclic) bond motifs is 3. The first kappa shape index (κ1) is 14.9. The molecule has 0 aliphatic carbocycles. The summed E-state index contributed by atoms with van der Waals surface area (Å²) in [6, 6.07) is 4.14. The average molecular weight is 299 g/mol. The fraction of sp³-hybridized carbons (Fsp3) is 0.538. The van der Waals surface area contributed by atoms with E-state index in [4.69, 9.17) is 4.74 Å². The summed E-state index contributed by atoms with van der Waals surface area (Å²) >= 11 is 0. The molecule has 3 heterocycles. The van der Waals surface area contributed by atoms with Crippen LogP contribution in [-0.2, 0) is 0 Å². The molecule has 1 atom stereocenters. The first-order valence-corrected chi connectivity index (χ1v) is 6.63. The van der Waals surface area contributed by atoms with Crippen LogP contribution in [0.15, 0.2) is 12.1 Å². The summed E-state index contributed by atoms with van der Waals surface area (Å²) in [5.41, 5.74) is 1.39. The highest BCUT2D eigenvalue weighted by atomic mass is 35.5. The number of ether oxygens (including phenoxy) is 1. The molecule has 1 amide bonds. The molecule has 1 aromatic rings. The van der Waals surface area contributed by atoms with E-state index in [9.17, 15) is 4.79 Å². The number of carbonyl (C=O) groups is 1. The van der Waals surface area contributed by atoms with Crippen molar-refractivity contribution in [3.63, 3.8) is 0 Å². The number of rotatable bonds is 1. The number of halogens is 1. The number of hydrogen-bond donors (Lipinski definition) is 2. The van der Waals surface area contributed by atoms with E-state index < -0.39 is 0 Å². The first-order chi connectivity index (χ1) is 9.29. The summed E-state index contributed by atoms with van der Waals surface area (Å²) < 4.78 is 5.72. The van der Waals surface area contributed by atoms with E-state index in [0.717, 1.165) is 31.7 Å². The third-order valence-electron chi connectivity index (χ3n) is 3.65. The largest absolute Gasteiger partial charge is 0.476 e. The normalized spacial score (nSPS) is 20.6. The third kappa shape index (κ3) is 2.66. The van der Waals surface area contributed by atoms with Crippen LogP contribution in [0, 0.1) is 0 Å². The van der Waals surface area contributed by atoms with Crippen LogP contribution in [0.4, 0.5) is 5.69 Å². The zero-order valence-electron chi connectivity index (χ0n) is 11.4. The molecule has 110 valence electrons. The Morgan fingerprint density at radius 3 is 3.20 bits per heavy atom. The fourth-order valence-corrected chi connectivity index (χ4v) is 2.64. The van der Waals surface area contributed by atoms with Gasteiger partial charge >= 0.3 is 0 Å². The molecule has 7 heteroatoms. The topological polar surface area (TPSA) is 66.5 Å². The Kier molecular flexibility index (Phi) is 4.67. The molecule has 0 spiro atoms. The number of anilines is 1. The average Bonchev–Trinajstić information content (AvgIpc) is 2.65. The lowest BCUT2D eigenvalue weighted by molar-refractivity contribution is 0.0957. The molecule has 1 aromatic heterocycles. The molecule has 3 rings (SSSR count). The van der Waals surface area contributed by atoms with Crippen molar-refractivity contribution < 1.29 is 9.53 Å². The van der Waals surface area contributed by atoms with E-state index in [1.54, 1.807) is 13.1 Å². The lowest BCUT2D eigenvalue weighted by Gasteiger charge is -2.36. The molecule has 1 fully saturated rings. The van der Waals surface area contributed by atoms with Gasteiger partial charge in [0, 0.05) is 39.1 Å². The van der Waals surface area contributed by atoms with Crippen LogP contribution in [0.5, 0.6) is 5.88 Å². The monoisotopic (exact) mass is 298 g/mol. The van der Waals surface area contributed by atoms with Crippen LogP contribution >= 0.6 is 12.4 Å². The van der Waals surface area contributed by atoms with Gasteiger partial charge in [-0.25, -0.2) is 4.98 Å². The molecule has 2 N–H and O–H groups in total. The van der Waals surface area contributed by atoms with E-state index in [0.29, 0.717) is 24.2 Å². The quantitative estimate of drug-likeness (QED) is 0.787. The minimum atomic E-state index is -0.187. The van der Waals surface area contributed by atoms with Crippen molar-refractivity contribution in [1.82, 2.24) is 15.6 Å². The van der Waals surface area contributed by atoms with Crippen LogP contribution in [0.2, 0.25) is 0 Å². The molecule has 1 saturated heterocycles. The second-order valence-corrected chi connectivity index (χ2v) is 4.79. The predicted octanol–water partition coefficient (Wildman–Crippen LogP) is 0.424. The zero-order chi connectivity index (χ0) is 13.2. The van der Waals surface area contributed by atoms with Crippen molar-refractivity contribution >= 4 is 24.0 Å². The summed E-state index contributed by atoms with van der Waals surface area (Å²) in [5, 5.41) is 5.98. The van der Waals surface area contributed by atoms with Gasteiger partial charge in [-0.15, -0.1) is 12.4 Å². The highest BCUT2D eigenvalue weighted by Gasteiger charge is 2.28. The fourth-order valence-electron chi connectivity index (χ4n) is 2.64. The van der Waals surface area contributed by atoms with Gasteiger partial charge in [0.1, 0.15) is 11.4 Å². The van der Waals surface area contributed by atoms with Gasteiger partial charge in [-0.1, -0.05) is 0 Å². The second kappa shape index (κ2) is 6.28. The summed E-state index contributed by atoms with van der Waals surface area (Å²) in [7, 11) is 1.60. The Morgan fingerprint density at radius 1 is 1.55 bits per heavy atom. The molecule has 0 aromatic carbocycles. The van der Waals surface area contributed by atoms with Crippen molar-refractivity contribution in [1.29, 1.82) is 0 Å². The number of nitrogens with one attached hydrogen (secondary N) is 2. The second-order valence-electron chi connectivity index (χ2n) is 4.79. The molecular weight excluding hydrogens is 280 g/mol. The SMILES string of the molecule is CNC(=O)c1ccc2c(n1)OCCC1CNCCN21.Cl. The van der Waals surface area contributed by atoms with Gasteiger partial charge in [0.2, 0.25) is 5.88 Å². The molecular formula is C13H19ClN4O2. The van der Waals surface area contributed by atoms with E-state index in [-0.39, 0.29) is 18.3 Å². The first-order valence-electron chi connectivity index (χ1n) is 6.63. The van der Waals surface area contributed by atoms with Gasteiger partial charge in [-0.3, -0.25) is 4.79 Å². The number of pyridine rings is 1. The smallest absolute Gasteiger partial charge is 0.269 e. The van der Waals surface area contributed by atoms with Gasteiger partial charge in [0.25, 0.3) is 5.91 Å². The van der Waals surface area contributed by atoms with Crippen molar-refractivity contribution in [3.8, 4) is 5.88 Å². The Labute approximate surface area is 124 Å². The Bertz CT molecular complexity index is 497. The van der Waals surface area contributed by atoms with Crippen molar-refractivity contribution in [2.24, 2.45) is 0 Å². The molecule has 0 saturated carbocycles. The number of aromatic nitrogens is 1. The van der Waals surface area contributed by atoms with E-state index >= 15 is 0 Å². The Balaban J connectivity index is 0.00000147. The number of nitrogens with zero attached hydrogens (tertiary/aromatic N) is 2. The summed E-state index contributed by atoms with van der Waals surface area (Å²) in [4.78, 5) is 18.3. The van der Waals surface area contributed by atoms with Crippen LogP contribution < -0.4 is 20.3 Å². The van der Waals surface area contributed by atoms with Gasteiger partial charge in [-0.2, -0.15) is 0 Å². The maximum Gasteiger partial charge on any atom is 0.269 e. The van der Waals surface area contributed by atoms with Crippen molar-refractivity contribution in [3.05, 3.63) is 17.8 Å². The highest BCUT2D eigenvalue weighted by Crippen LogP contribution is 2.32. The zero-order valence-corrected chi connectivity index (χ0v) is 12.2. The van der Waals surface area contributed by atoms with Gasteiger partial charge in [0.15, 0.2) is 0 Å². The van der Waals surface area contributed by atoms with Crippen LogP contribution in [0.1, 0.15) is 16.9 Å². The van der Waals surface area contributed by atoms with Gasteiger partial charge in [0.05, 0.1) is 6.61 Å². The number of piperazine rings is 1. The van der Waals surface area contributed by atoms with Crippen molar-refractivity contribution in [2.75, 3.05) is 38.2 Å². The molecule has 20 heavy (non-hydrogen) atoms. The lowest BCUT2D eigenvalue weighted by atomic mass is 10.1. The maximum absolute atomic E-state index is 11.6. The van der Waals surface area contributed by atoms with Crippen molar-refractivity contribution in [2.45, 2.75) is 12.5 Å². The Morgan fingerprint density at radius 2 is 2.40 bits per heavy atom. The number of amides is 1. The molecule has 6 nitrogen and oxygen atoms in total.